The molecule has 4 aromatic rings. The number of hydrogen-bond acceptors (Lipinski definition) is 9. The van der Waals surface area contributed by atoms with Gasteiger partial charge >= 0.3 is 0 Å². The summed E-state index contributed by atoms with van der Waals surface area (Å²) in [7, 11) is 0. The zero-order valence-electron chi connectivity index (χ0n) is 18.4. The first-order valence-corrected chi connectivity index (χ1v) is 12.4. The number of rotatable bonds is 6. The van der Waals surface area contributed by atoms with Crippen LogP contribution in [0.15, 0.2) is 38.9 Å². The SMILES string of the molecule is CCc1ccc(-c2nnc(Sc3nc(CN4CCOCC4)nc4sc(C)c(C)c34)o2)cc1. The summed E-state index contributed by atoms with van der Waals surface area (Å²) in [5, 5.41) is 11.0. The number of nitrogens with zero attached hydrogens (tertiary/aromatic N) is 5. The van der Waals surface area contributed by atoms with Gasteiger partial charge < -0.3 is 9.15 Å². The van der Waals surface area contributed by atoms with Crippen LogP contribution in [0, 0.1) is 13.8 Å². The fourth-order valence-corrected chi connectivity index (χ4v) is 5.68. The van der Waals surface area contributed by atoms with Gasteiger partial charge in [-0.25, -0.2) is 9.97 Å². The minimum atomic E-state index is 0.486. The molecule has 9 heteroatoms. The monoisotopic (exact) mass is 467 g/mol. The maximum absolute atomic E-state index is 5.99. The molecule has 7 nitrogen and oxygen atoms in total. The second-order valence-corrected chi connectivity index (χ2v) is 9.97. The molecule has 0 atom stereocenters. The van der Waals surface area contributed by atoms with Crippen LogP contribution in [0.2, 0.25) is 0 Å². The molecule has 0 unspecified atom stereocenters. The van der Waals surface area contributed by atoms with E-state index >= 15 is 0 Å². The standard InChI is InChI=1S/C23H25N5O2S2/c1-4-16-5-7-17(8-6-16)20-26-27-23(30-20)32-22-19-14(2)15(3)31-21(19)24-18(25-22)13-28-9-11-29-12-10-28/h5-8H,4,9-13H2,1-3H3. The number of aryl methyl sites for hydroxylation is 3. The van der Waals surface area contributed by atoms with Gasteiger partial charge in [0.05, 0.1) is 19.8 Å². The van der Waals surface area contributed by atoms with Crippen LogP contribution >= 0.6 is 23.1 Å². The highest BCUT2D eigenvalue weighted by molar-refractivity contribution is 7.99. The Labute approximate surface area is 195 Å². The van der Waals surface area contributed by atoms with Gasteiger partial charge in [0.2, 0.25) is 5.89 Å². The first kappa shape index (κ1) is 21.5. The Hall–Kier alpha value is -2.33. The molecule has 32 heavy (non-hydrogen) atoms. The molecule has 0 spiro atoms. The van der Waals surface area contributed by atoms with E-state index in [0.717, 1.165) is 59.4 Å². The molecule has 0 amide bonds. The highest BCUT2D eigenvalue weighted by atomic mass is 32.2. The Bertz CT molecular complexity index is 1230. The van der Waals surface area contributed by atoms with Crippen molar-refractivity contribution in [2.24, 2.45) is 0 Å². The quantitative estimate of drug-likeness (QED) is 0.371. The molecule has 0 N–H and O–H groups in total. The Balaban J connectivity index is 1.45. The smallest absolute Gasteiger partial charge is 0.283 e. The predicted octanol–water partition coefficient (Wildman–Crippen LogP) is 4.90. The van der Waals surface area contributed by atoms with E-state index in [2.05, 4.69) is 48.0 Å². The van der Waals surface area contributed by atoms with Gasteiger partial charge in [0.1, 0.15) is 15.7 Å². The van der Waals surface area contributed by atoms with Gasteiger partial charge in [-0.2, -0.15) is 0 Å². The van der Waals surface area contributed by atoms with Crippen molar-refractivity contribution in [3.05, 3.63) is 46.1 Å². The van der Waals surface area contributed by atoms with Crippen molar-refractivity contribution in [1.29, 1.82) is 0 Å². The molecule has 0 saturated carbocycles. The third kappa shape index (κ3) is 4.43. The molecular formula is C23H25N5O2S2. The topological polar surface area (TPSA) is 77.2 Å². The minimum Gasteiger partial charge on any atom is -0.411 e. The van der Waals surface area contributed by atoms with Gasteiger partial charge in [-0.3, -0.25) is 4.90 Å². The summed E-state index contributed by atoms with van der Waals surface area (Å²) >= 11 is 3.13. The lowest BCUT2D eigenvalue weighted by molar-refractivity contribution is 0.0330. The van der Waals surface area contributed by atoms with E-state index < -0.39 is 0 Å². The van der Waals surface area contributed by atoms with Gasteiger partial charge in [-0.15, -0.1) is 21.5 Å². The van der Waals surface area contributed by atoms with E-state index in [1.807, 2.05) is 12.1 Å². The number of ether oxygens (including phenoxy) is 1. The van der Waals surface area contributed by atoms with Gasteiger partial charge in [0.25, 0.3) is 5.22 Å². The average Bonchev–Trinajstić information content (AvgIpc) is 3.39. The Morgan fingerprint density at radius 3 is 2.59 bits per heavy atom. The van der Waals surface area contributed by atoms with Crippen LogP contribution in [0.5, 0.6) is 0 Å². The van der Waals surface area contributed by atoms with Crippen LogP contribution in [-0.4, -0.2) is 51.4 Å². The van der Waals surface area contributed by atoms with Crippen molar-refractivity contribution in [3.8, 4) is 11.5 Å². The second-order valence-electron chi connectivity index (χ2n) is 7.82. The van der Waals surface area contributed by atoms with Crippen molar-refractivity contribution >= 4 is 33.3 Å². The lowest BCUT2D eigenvalue weighted by atomic mass is 10.1. The van der Waals surface area contributed by atoms with E-state index in [-0.39, 0.29) is 0 Å². The van der Waals surface area contributed by atoms with E-state index in [0.29, 0.717) is 17.7 Å². The van der Waals surface area contributed by atoms with E-state index in [9.17, 15) is 0 Å². The molecule has 1 aliphatic rings. The summed E-state index contributed by atoms with van der Waals surface area (Å²) in [4.78, 5) is 14.4. The fraction of sp³-hybridized carbons (Fsp3) is 0.391. The third-order valence-corrected chi connectivity index (χ3v) is 7.64. The fourth-order valence-electron chi connectivity index (χ4n) is 3.69. The maximum Gasteiger partial charge on any atom is 0.283 e. The van der Waals surface area contributed by atoms with E-state index in [1.54, 1.807) is 11.3 Å². The zero-order valence-corrected chi connectivity index (χ0v) is 20.1. The number of aromatic nitrogens is 4. The number of morpholine rings is 1. The van der Waals surface area contributed by atoms with Crippen molar-refractivity contribution in [1.82, 2.24) is 25.1 Å². The molecule has 0 bridgehead atoms. The largest absolute Gasteiger partial charge is 0.411 e. The summed E-state index contributed by atoms with van der Waals surface area (Å²) in [5.74, 6) is 1.34. The summed E-state index contributed by atoms with van der Waals surface area (Å²) in [6.45, 7) is 10.4. The lowest BCUT2D eigenvalue weighted by Gasteiger charge is -2.25. The summed E-state index contributed by atoms with van der Waals surface area (Å²) < 4.78 is 11.5. The Kier molecular flexibility index (Phi) is 6.23. The molecule has 4 heterocycles. The van der Waals surface area contributed by atoms with Crippen LogP contribution in [0.4, 0.5) is 0 Å². The highest BCUT2D eigenvalue weighted by Crippen LogP contribution is 2.38. The molecule has 166 valence electrons. The average molecular weight is 468 g/mol. The third-order valence-electron chi connectivity index (χ3n) is 5.71. The van der Waals surface area contributed by atoms with Crippen LogP contribution in [0.1, 0.15) is 28.8 Å². The van der Waals surface area contributed by atoms with Crippen LogP contribution < -0.4 is 0 Å². The lowest BCUT2D eigenvalue weighted by Crippen LogP contribution is -2.36. The number of hydrogen-bond donors (Lipinski definition) is 0. The molecule has 0 radical (unpaired) electrons. The minimum absolute atomic E-state index is 0.486. The van der Waals surface area contributed by atoms with Crippen molar-refractivity contribution in [3.63, 3.8) is 0 Å². The van der Waals surface area contributed by atoms with Crippen LogP contribution in [0.3, 0.4) is 0 Å². The molecule has 1 aliphatic heterocycles. The van der Waals surface area contributed by atoms with E-state index in [4.69, 9.17) is 19.1 Å². The van der Waals surface area contributed by atoms with E-state index in [1.165, 1.54) is 27.8 Å². The summed E-state index contributed by atoms with van der Waals surface area (Å²) in [6.07, 6.45) is 1.00. The molecule has 1 saturated heterocycles. The number of fused-ring (bicyclic) bond motifs is 1. The predicted molar refractivity (Wildman–Crippen MR) is 126 cm³/mol. The van der Waals surface area contributed by atoms with Gasteiger partial charge in [-0.05, 0) is 55.3 Å². The maximum atomic E-state index is 5.99. The zero-order chi connectivity index (χ0) is 22.1. The Morgan fingerprint density at radius 1 is 1.06 bits per heavy atom. The molecule has 1 fully saturated rings. The summed E-state index contributed by atoms with van der Waals surface area (Å²) in [6, 6.07) is 8.23. The van der Waals surface area contributed by atoms with Crippen LogP contribution in [0.25, 0.3) is 21.7 Å². The summed E-state index contributed by atoms with van der Waals surface area (Å²) in [5.41, 5.74) is 3.41. The highest BCUT2D eigenvalue weighted by Gasteiger charge is 2.20. The van der Waals surface area contributed by atoms with Crippen molar-refractivity contribution in [2.75, 3.05) is 26.3 Å². The molecule has 3 aromatic heterocycles. The first-order valence-electron chi connectivity index (χ1n) is 10.8. The van der Waals surface area contributed by atoms with Crippen molar-refractivity contribution < 1.29 is 9.15 Å². The Morgan fingerprint density at radius 2 is 1.84 bits per heavy atom. The molecule has 0 aliphatic carbocycles. The number of benzene rings is 1. The number of thiophene rings is 1. The molecule has 1 aromatic carbocycles. The van der Waals surface area contributed by atoms with Gasteiger partial charge in [0.15, 0.2) is 0 Å². The van der Waals surface area contributed by atoms with Gasteiger partial charge in [0, 0.05) is 28.9 Å². The van der Waals surface area contributed by atoms with Crippen LogP contribution in [-0.2, 0) is 17.7 Å². The normalized spacial score (nSPS) is 15.0. The second kappa shape index (κ2) is 9.27. The molecular weight excluding hydrogens is 442 g/mol. The van der Waals surface area contributed by atoms with Crippen molar-refractivity contribution in [2.45, 2.75) is 44.0 Å². The first-order chi connectivity index (χ1) is 15.6. The molecule has 5 rings (SSSR count). The van der Waals surface area contributed by atoms with Gasteiger partial charge in [-0.1, -0.05) is 19.1 Å².